The van der Waals surface area contributed by atoms with E-state index < -0.39 is 0 Å². The summed E-state index contributed by atoms with van der Waals surface area (Å²) in [7, 11) is 0. The fourth-order valence-electron chi connectivity index (χ4n) is 3.41. The van der Waals surface area contributed by atoms with Crippen molar-refractivity contribution in [1.29, 1.82) is 0 Å². The van der Waals surface area contributed by atoms with Crippen molar-refractivity contribution in [3.8, 4) is 11.1 Å². The SMILES string of the molecule is CCCc1nc2scc(-c3ccc(C)cc3)c2c(=O)n1Cc1cccc(F)c1. The first-order chi connectivity index (χ1) is 13.6. The molecule has 0 saturated heterocycles. The molecular weight excluding hydrogens is 371 g/mol. The molecule has 0 aliphatic carbocycles. The molecule has 0 fully saturated rings. The van der Waals surface area contributed by atoms with Crippen molar-refractivity contribution in [2.45, 2.75) is 33.2 Å². The molecule has 4 aromatic rings. The number of aromatic nitrogens is 2. The summed E-state index contributed by atoms with van der Waals surface area (Å²) in [6, 6.07) is 14.6. The van der Waals surface area contributed by atoms with Crippen LogP contribution in [-0.2, 0) is 13.0 Å². The molecule has 2 aromatic carbocycles. The average Bonchev–Trinajstić information content (AvgIpc) is 3.10. The summed E-state index contributed by atoms with van der Waals surface area (Å²) in [6.07, 6.45) is 1.59. The summed E-state index contributed by atoms with van der Waals surface area (Å²) in [6.45, 7) is 4.42. The molecule has 0 atom stereocenters. The maximum Gasteiger partial charge on any atom is 0.263 e. The number of hydrogen-bond donors (Lipinski definition) is 0. The molecule has 0 N–H and O–H groups in total. The molecule has 0 bridgehead atoms. The first kappa shape index (κ1) is 18.6. The number of thiophene rings is 1. The van der Waals surface area contributed by atoms with Crippen molar-refractivity contribution < 1.29 is 4.39 Å². The fraction of sp³-hybridized carbons (Fsp3) is 0.217. The number of benzene rings is 2. The van der Waals surface area contributed by atoms with Gasteiger partial charge in [0, 0.05) is 17.4 Å². The zero-order valence-electron chi connectivity index (χ0n) is 15.9. The number of rotatable bonds is 5. The molecule has 0 amide bonds. The van der Waals surface area contributed by atoms with Crippen molar-refractivity contribution in [2.24, 2.45) is 0 Å². The number of hydrogen-bond acceptors (Lipinski definition) is 3. The molecule has 3 nitrogen and oxygen atoms in total. The predicted molar refractivity (Wildman–Crippen MR) is 114 cm³/mol. The predicted octanol–water partition coefficient (Wildman–Crippen LogP) is 5.57. The summed E-state index contributed by atoms with van der Waals surface area (Å²) in [5.41, 5.74) is 3.79. The number of halogens is 1. The van der Waals surface area contributed by atoms with Gasteiger partial charge in [-0.1, -0.05) is 48.9 Å². The van der Waals surface area contributed by atoms with Gasteiger partial charge >= 0.3 is 0 Å². The van der Waals surface area contributed by atoms with E-state index in [-0.39, 0.29) is 11.4 Å². The lowest BCUT2D eigenvalue weighted by molar-refractivity contribution is 0.618. The van der Waals surface area contributed by atoms with Crippen LogP contribution in [0.5, 0.6) is 0 Å². The fourth-order valence-corrected chi connectivity index (χ4v) is 4.36. The average molecular weight is 392 g/mol. The minimum Gasteiger partial charge on any atom is -0.292 e. The van der Waals surface area contributed by atoms with Crippen LogP contribution in [0.4, 0.5) is 4.39 Å². The van der Waals surface area contributed by atoms with Crippen LogP contribution >= 0.6 is 11.3 Å². The topological polar surface area (TPSA) is 34.9 Å². The van der Waals surface area contributed by atoms with Gasteiger partial charge in [-0.2, -0.15) is 0 Å². The highest BCUT2D eigenvalue weighted by Gasteiger charge is 2.17. The van der Waals surface area contributed by atoms with E-state index in [9.17, 15) is 9.18 Å². The second-order valence-electron chi connectivity index (χ2n) is 6.99. The number of fused-ring (bicyclic) bond motifs is 1. The van der Waals surface area contributed by atoms with Gasteiger partial charge in [-0.25, -0.2) is 9.37 Å². The van der Waals surface area contributed by atoms with Crippen LogP contribution < -0.4 is 5.56 Å². The number of nitrogens with zero attached hydrogens (tertiary/aromatic N) is 2. The van der Waals surface area contributed by atoms with Crippen molar-refractivity contribution in [3.63, 3.8) is 0 Å². The monoisotopic (exact) mass is 392 g/mol. The second kappa shape index (κ2) is 7.68. The Kier molecular flexibility index (Phi) is 5.09. The Labute approximate surface area is 167 Å². The molecule has 142 valence electrons. The Morgan fingerprint density at radius 1 is 1.14 bits per heavy atom. The third-order valence-corrected chi connectivity index (χ3v) is 5.71. The van der Waals surface area contributed by atoms with Gasteiger partial charge in [0.2, 0.25) is 0 Å². The molecule has 0 aliphatic heterocycles. The Balaban J connectivity index is 1.90. The van der Waals surface area contributed by atoms with E-state index in [1.54, 1.807) is 10.6 Å². The van der Waals surface area contributed by atoms with Gasteiger partial charge in [-0.05, 0) is 36.6 Å². The van der Waals surface area contributed by atoms with E-state index >= 15 is 0 Å². The van der Waals surface area contributed by atoms with Crippen LogP contribution in [-0.4, -0.2) is 9.55 Å². The number of aryl methyl sites for hydroxylation is 2. The first-order valence-electron chi connectivity index (χ1n) is 9.39. The van der Waals surface area contributed by atoms with Crippen LogP contribution in [0.3, 0.4) is 0 Å². The van der Waals surface area contributed by atoms with Crippen molar-refractivity contribution >= 4 is 21.6 Å². The highest BCUT2D eigenvalue weighted by atomic mass is 32.1. The van der Waals surface area contributed by atoms with Crippen LogP contribution in [0.25, 0.3) is 21.3 Å². The van der Waals surface area contributed by atoms with Gasteiger partial charge in [0.15, 0.2) is 0 Å². The lowest BCUT2D eigenvalue weighted by Crippen LogP contribution is -2.25. The van der Waals surface area contributed by atoms with Crippen molar-refractivity contribution in [2.75, 3.05) is 0 Å². The zero-order chi connectivity index (χ0) is 19.7. The molecule has 2 heterocycles. The third kappa shape index (κ3) is 3.50. The summed E-state index contributed by atoms with van der Waals surface area (Å²) < 4.78 is 15.3. The molecule has 4 rings (SSSR count). The van der Waals surface area contributed by atoms with Crippen LogP contribution in [0.2, 0.25) is 0 Å². The Morgan fingerprint density at radius 2 is 1.93 bits per heavy atom. The van der Waals surface area contributed by atoms with E-state index in [2.05, 4.69) is 6.92 Å². The summed E-state index contributed by atoms with van der Waals surface area (Å²) in [5.74, 6) is 0.453. The Morgan fingerprint density at radius 3 is 2.64 bits per heavy atom. The zero-order valence-corrected chi connectivity index (χ0v) is 16.7. The third-order valence-electron chi connectivity index (χ3n) is 4.84. The van der Waals surface area contributed by atoms with E-state index in [1.165, 1.54) is 29.0 Å². The lowest BCUT2D eigenvalue weighted by atomic mass is 10.0. The van der Waals surface area contributed by atoms with E-state index in [0.29, 0.717) is 18.4 Å². The van der Waals surface area contributed by atoms with E-state index in [1.807, 2.05) is 42.6 Å². The van der Waals surface area contributed by atoms with Crippen LogP contribution in [0.1, 0.15) is 30.3 Å². The van der Waals surface area contributed by atoms with Gasteiger partial charge in [-0.15, -0.1) is 11.3 Å². The van der Waals surface area contributed by atoms with Gasteiger partial charge in [-0.3, -0.25) is 9.36 Å². The summed E-state index contributed by atoms with van der Waals surface area (Å²) >= 11 is 1.50. The molecule has 0 aliphatic rings. The van der Waals surface area contributed by atoms with E-state index in [0.717, 1.165) is 33.8 Å². The molecular formula is C23H21FN2OS. The van der Waals surface area contributed by atoms with Gasteiger partial charge in [0.25, 0.3) is 5.56 Å². The lowest BCUT2D eigenvalue weighted by Gasteiger charge is -2.13. The molecule has 0 spiro atoms. The minimum absolute atomic E-state index is 0.0606. The largest absolute Gasteiger partial charge is 0.292 e. The molecule has 0 unspecified atom stereocenters. The maximum absolute atomic E-state index is 13.6. The molecule has 5 heteroatoms. The van der Waals surface area contributed by atoms with Gasteiger partial charge in [0.1, 0.15) is 16.5 Å². The van der Waals surface area contributed by atoms with Crippen LogP contribution in [0.15, 0.2) is 58.7 Å². The standard InChI is InChI=1S/C23H21FN2OS/c1-3-5-20-25-22-21(19(14-28-22)17-10-8-15(2)9-11-17)23(27)26(20)13-16-6-4-7-18(24)12-16/h4,6-12,14H,3,5,13H2,1-2H3. The second-order valence-corrected chi connectivity index (χ2v) is 7.85. The Bertz CT molecular complexity index is 1190. The quantitative estimate of drug-likeness (QED) is 0.445. The van der Waals surface area contributed by atoms with Crippen LogP contribution in [0, 0.1) is 12.7 Å². The molecule has 0 saturated carbocycles. The van der Waals surface area contributed by atoms with Crippen molar-refractivity contribution in [3.05, 3.63) is 87.0 Å². The smallest absolute Gasteiger partial charge is 0.263 e. The summed E-state index contributed by atoms with van der Waals surface area (Å²) in [4.78, 5) is 19.0. The van der Waals surface area contributed by atoms with Gasteiger partial charge in [0.05, 0.1) is 11.9 Å². The maximum atomic E-state index is 13.6. The Hall–Kier alpha value is -2.79. The molecule has 0 radical (unpaired) electrons. The molecule has 2 aromatic heterocycles. The summed E-state index contributed by atoms with van der Waals surface area (Å²) in [5, 5.41) is 2.65. The normalized spacial score (nSPS) is 11.2. The van der Waals surface area contributed by atoms with Gasteiger partial charge < -0.3 is 0 Å². The molecule has 28 heavy (non-hydrogen) atoms. The first-order valence-corrected chi connectivity index (χ1v) is 10.3. The van der Waals surface area contributed by atoms with E-state index in [4.69, 9.17) is 4.98 Å². The minimum atomic E-state index is -0.299. The highest BCUT2D eigenvalue weighted by Crippen LogP contribution is 2.31. The van der Waals surface area contributed by atoms with Crippen molar-refractivity contribution in [1.82, 2.24) is 9.55 Å². The highest BCUT2D eigenvalue weighted by molar-refractivity contribution is 7.17.